The normalized spacial score (nSPS) is 14.9. The second kappa shape index (κ2) is 18.2. The molecule has 1 aliphatic rings. The van der Waals surface area contributed by atoms with Crippen LogP contribution in [0.5, 0.6) is 5.88 Å². The maximum Gasteiger partial charge on any atom is 0.534 e. The summed E-state index contributed by atoms with van der Waals surface area (Å²) in [4.78, 5) is 17.7. The average molecular weight is 739 g/mol. The highest BCUT2D eigenvalue weighted by molar-refractivity contribution is 7.88. The van der Waals surface area contributed by atoms with Crippen LogP contribution in [0, 0.1) is 0 Å². The number of halogens is 5. The average Bonchev–Trinajstić information content (AvgIpc) is 3.65. The summed E-state index contributed by atoms with van der Waals surface area (Å²) in [5.74, 6) is -2.25. The molecule has 1 amide bonds. The van der Waals surface area contributed by atoms with E-state index in [0.29, 0.717) is 32.9 Å². The van der Waals surface area contributed by atoms with Gasteiger partial charge < -0.3 is 18.6 Å². The molecule has 0 bridgehead atoms. The van der Waals surface area contributed by atoms with E-state index in [1.165, 1.54) is 28.7 Å². The van der Waals surface area contributed by atoms with E-state index >= 15 is 0 Å². The minimum absolute atomic E-state index is 0.0138. The summed E-state index contributed by atoms with van der Waals surface area (Å²) in [7, 11) is -4.07. The number of hydrogen-bond acceptors (Lipinski definition) is 9. The second-order valence-corrected chi connectivity index (χ2v) is 15.4. The van der Waals surface area contributed by atoms with Crippen molar-refractivity contribution in [2.24, 2.45) is 0 Å². The van der Waals surface area contributed by atoms with Crippen molar-refractivity contribution >= 4 is 51.4 Å². The van der Waals surface area contributed by atoms with Gasteiger partial charge in [0.15, 0.2) is 0 Å². The van der Waals surface area contributed by atoms with Gasteiger partial charge >= 0.3 is 15.6 Å². The quantitative estimate of drug-likeness (QED) is 0.0313. The molecule has 4 rings (SSSR count). The van der Waals surface area contributed by atoms with Crippen LogP contribution in [0.3, 0.4) is 0 Å². The third-order valence-electron chi connectivity index (χ3n) is 5.97. The number of amides is 1. The number of alkyl halides is 3. The zero-order valence-electron chi connectivity index (χ0n) is 26.8. The first-order valence-corrected chi connectivity index (χ1v) is 18.9. The molecule has 0 N–H and O–H groups in total. The molecular formula is C30H36F5N4O6PS2. The first-order valence-electron chi connectivity index (χ1n) is 13.9. The van der Waals surface area contributed by atoms with Gasteiger partial charge in [-0.3, -0.25) is 9.48 Å². The molecule has 1 atom stereocenters. The number of carbonyl (C=O) groups is 1. The predicted octanol–water partition coefficient (Wildman–Crippen LogP) is 7.25. The molecule has 18 heteroatoms. The lowest BCUT2D eigenvalue weighted by Crippen LogP contribution is -2.44. The monoisotopic (exact) mass is 738 g/mol. The maximum atomic E-state index is 14.4. The lowest BCUT2D eigenvalue weighted by molar-refractivity contribution is -0.129. The fourth-order valence-electron chi connectivity index (χ4n) is 3.97. The van der Waals surface area contributed by atoms with Gasteiger partial charge in [-0.15, -0.1) is 19.3 Å². The Morgan fingerprint density at radius 3 is 2.46 bits per heavy atom. The van der Waals surface area contributed by atoms with Crippen LogP contribution in [0.1, 0.15) is 18.2 Å². The third-order valence-corrected chi connectivity index (χ3v) is 7.87. The zero-order chi connectivity index (χ0) is 36.2. The van der Waals surface area contributed by atoms with Crippen LogP contribution in [0.15, 0.2) is 61.2 Å². The number of thiophene rings is 1. The Morgan fingerprint density at radius 1 is 1.23 bits per heavy atom. The Balaban J connectivity index is 0.000000629. The molecule has 0 aliphatic carbocycles. The Morgan fingerprint density at radius 2 is 1.90 bits per heavy atom. The summed E-state index contributed by atoms with van der Waals surface area (Å²) in [6.07, 6.45) is 3.93. The van der Waals surface area contributed by atoms with E-state index in [-0.39, 0.29) is 58.4 Å². The smallest absolute Gasteiger partial charge is 0.499 e. The molecule has 1 unspecified atom stereocenters. The highest BCUT2D eigenvalue weighted by Gasteiger charge is 2.49. The Hall–Kier alpha value is -3.66. The Kier molecular flexibility index (Phi) is 15.4. The lowest BCUT2D eigenvalue weighted by Gasteiger charge is -2.33. The van der Waals surface area contributed by atoms with Crippen LogP contribution in [0.2, 0.25) is 0 Å². The van der Waals surface area contributed by atoms with Gasteiger partial charge in [-0.1, -0.05) is 13.2 Å². The molecule has 0 aromatic carbocycles. The molecule has 0 radical (unpaired) electrons. The minimum atomic E-state index is -6.08. The number of allylic oxidation sites excluding steroid dienone is 2. The van der Waals surface area contributed by atoms with Crippen molar-refractivity contribution in [2.75, 3.05) is 40.3 Å². The van der Waals surface area contributed by atoms with Crippen molar-refractivity contribution in [3.63, 3.8) is 0 Å². The summed E-state index contributed by atoms with van der Waals surface area (Å²) in [6, 6.07) is 2.47. The third kappa shape index (κ3) is 10.9. The van der Waals surface area contributed by atoms with E-state index in [4.69, 9.17) is 4.74 Å². The predicted molar refractivity (Wildman–Crippen MR) is 179 cm³/mol. The molecule has 264 valence electrons. The summed E-state index contributed by atoms with van der Waals surface area (Å²) < 4.78 is 105. The molecule has 1 aliphatic heterocycles. The van der Waals surface area contributed by atoms with Gasteiger partial charge in [-0.05, 0) is 56.6 Å². The number of ether oxygens (including phenoxy) is 2. The molecule has 0 saturated carbocycles. The first-order chi connectivity index (χ1) is 22.5. The number of pyridine rings is 1. The van der Waals surface area contributed by atoms with Crippen molar-refractivity contribution in [1.29, 1.82) is 0 Å². The van der Waals surface area contributed by atoms with E-state index in [2.05, 4.69) is 52.2 Å². The minimum Gasteiger partial charge on any atom is -0.499 e. The van der Waals surface area contributed by atoms with Crippen molar-refractivity contribution in [3.8, 4) is 17.3 Å². The number of hydrogen-bond donors (Lipinski definition) is 0. The zero-order valence-corrected chi connectivity index (χ0v) is 29.4. The maximum absolute atomic E-state index is 14.4. The first kappa shape index (κ1) is 40.5. The molecule has 48 heavy (non-hydrogen) atoms. The second-order valence-electron chi connectivity index (χ2n) is 10.2. The topological polar surface area (TPSA) is 113 Å². The van der Waals surface area contributed by atoms with Crippen LogP contribution in [-0.4, -0.2) is 85.9 Å². The summed E-state index contributed by atoms with van der Waals surface area (Å²) >= 11 is 0.949. The van der Waals surface area contributed by atoms with Crippen molar-refractivity contribution in [1.82, 2.24) is 19.7 Å². The van der Waals surface area contributed by atoms with E-state index in [1.54, 1.807) is 18.7 Å². The van der Waals surface area contributed by atoms with Crippen molar-refractivity contribution < 1.29 is 48.8 Å². The number of fused-ring (bicyclic) bond motifs is 2. The highest BCUT2D eigenvalue weighted by Crippen LogP contribution is 2.40. The number of nitrogens with zero attached hydrogens (tertiary/aromatic N) is 4. The van der Waals surface area contributed by atoms with E-state index in [0.717, 1.165) is 23.5 Å². The fourth-order valence-corrected chi connectivity index (χ4v) is 5.30. The van der Waals surface area contributed by atoms with Crippen LogP contribution >= 0.6 is 19.3 Å². The number of carbonyl (C=O) groups excluding carboxylic acids is 1. The largest absolute Gasteiger partial charge is 0.534 e. The molecule has 3 aromatic rings. The van der Waals surface area contributed by atoms with Gasteiger partial charge in [0.1, 0.15) is 23.8 Å². The lowest BCUT2D eigenvalue weighted by atomic mass is 10.1. The number of methoxy groups -OCH3 is 1. The SMILES string of the molecule is C=CC(=O)N1Cc2cc(-c3nc(OS(=O)(=O)C(F)(F)F)c4ccsc4c3C=C(F)/C=C/F)nn2CC1C.C=COCCOC.CP(C)C. The van der Waals surface area contributed by atoms with Crippen molar-refractivity contribution in [2.45, 2.75) is 31.6 Å². The summed E-state index contributed by atoms with van der Waals surface area (Å²) in [6.45, 7) is 16.9. The van der Waals surface area contributed by atoms with E-state index < -0.39 is 27.3 Å². The fraction of sp³-hybridized carbons (Fsp3) is 0.367. The Bertz CT molecular complexity index is 1740. The standard InChI is InChI=1S/C22H17F5N4O4S2.C5H10O2.C3H9P/c1-3-18(32)30-11-14-9-17(29-31(14)10-12(30)2)19-16(8-13(24)4-6-23)20-15(5-7-36-20)21(28-19)35-37(33,34)22(25,26)27;1-3-7-5-4-6-2;1-4(2)3/h3-9,12H,1,10-11H2,2H3;3H,1,4-5H2,2H3;1-3H3/b6-4+,13-8?;;. The summed E-state index contributed by atoms with van der Waals surface area (Å²) in [5.41, 5.74) is -5.34. The van der Waals surface area contributed by atoms with Gasteiger partial charge in [0.25, 0.3) is 0 Å². The van der Waals surface area contributed by atoms with Gasteiger partial charge in [0.2, 0.25) is 11.8 Å². The van der Waals surface area contributed by atoms with E-state index in [9.17, 15) is 35.2 Å². The van der Waals surface area contributed by atoms with Crippen LogP contribution < -0.4 is 4.18 Å². The molecule has 10 nitrogen and oxygen atoms in total. The molecule has 0 spiro atoms. The van der Waals surface area contributed by atoms with Crippen LogP contribution in [0.25, 0.3) is 27.6 Å². The van der Waals surface area contributed by atoms with Gasteiger partial charge in [0, 0.05) is 29.5 Å². The molecule has 4 heterocycles. The molecule has 0 saturated heterocycles. The van der Waals surface area contributed by atoms with E-state index in [1.807, 2.05) is 0 Å². The van der Waals surface area contributed by atoms with Crippen molar-refractivity contribution in [3.05, 3.63) is 72.5 Å². The number of aromatic nitrogens is 3. The Labute approximate surface area is 281 Å². The van der Waals surface area contributed by atoms with Gasteiger partial charge in [-0.2, -0.15) is 26.7 Å². The van der Waals surface area contributed by atoms with Gasteiger partial charge in [0.05, 0.1) is 43.4 Å². The van der Waals surface area contributed by atoms with Crippen LogP contribution in [-0.2, 0) is 37.5 Å². The summed E-state index contributed by atoms with van der Waals surface area (Å²) in [5, 5.41) is 5.69. The molecule has 0 fully saturated rings. The highest BCUT2D eigenvalue weighted by atomic mass is 32.2. The number of rotatable bonds is 10. The van der Waals surface area contributed by atoms with Gasteiger partial charge in [-0.25, -0.2) is 13.8 Å². The van der Waals surface area contributed by atoms with Crippen LogP contribution in [0.4, 0.5) is 22.0 Å². The molecular weight excluding hydrogens is 702 g/mol. The molecule has 3 aromatic heterocycles.